The number of rotatable bonds is 8. The molecule has 4 rings (SSSR count). The van der Waals surface area contributed by atoms with Crippen LogP contribution in [0.5, 0.6) is 5.75 Å². The van der Waals surface area contributed by atoms with Gasteiger partial charge in [-0.1, -0.05) is 55.8 Å². The van der Waals surface area contributed by atoms with Gasteiger partial charge in [-0.15, -0.1) is 0 Å². The summed E-state index contributed by atoms with van der Waals surface area (Å²) >= 11 is 0. The van der Waals surface area contributed by atoms with E-state index in [1.165, 1.54) is 11.6 Å². The Morgan fingerprint density at radius 1 is 1.19 bits per heavy atom. The monoisotopic (exact) mass is 437 g/mol. The van der Waals surface area contributed by atoms with E-state index in [0.717, 1.165) is 56.6 Å². The molecule has 32 heavy (non-hydrogen) atoms. The van der Waals surface area contributed by atoms with Crippen molar-refractivity contribution in [2.75, 3.05) is 32.8 Å². The quantitative estimate of drug-likeness (QED) is 0.312. The van der Waals surface area contributed by atoms with E-state index in [4.69, 9.17) is 9.47 Å². The maximum Gasteiger partial charge on any atom is 0.307 e. The van der Waals surface area contributed by atoms with Crippen molar-refractivity contribution in [3.05, 3.63) is 65.0 Å². The number of carbonyl (C=O) groups is 1. The first-order chi connectivity index (χ1) is 15.6. The Morgan fingerprint density at radius 2 is 2.00 bits per heavy atom. The molecule has 0 N–H and O–H groups in total. The Kier molecular flexibility index (Phi) is 7.26. The molecule has 0 radical (unpaired) electrons. The number of hydrogen-bond donors (Lipinski definition) is 0. The number of benzene rings is 2. The molecule has 1 saturated heterocycles. The van der Waals surface area contributed by atoms with Crippen molar-refractivity contribution in [2.45, 2.75) is 44.4 Å². The molecule has 5 heteroatoms. The van der Waals surface area contributed by atoms with Crippen LogP contribution in [0.15, 0.2) is 42.5 Å². The smallest absolute Gasteiger partial charge is 0.307 e. The summed E-state index contributed by atoms with van der Waals surface area (Å²) in [5.41, 5.74) is 2.91. The Hall–Kier alpha value is -2.66. The van der Waals surface area contributed by atoms with Crippen LogP contribution in [0.4, 0.5) is 4.39 Å². The first-order valence-electron chi connectivity index (χ1n) is 11.7. The van der Waals surface area contributed by atoms with E-state index in [-0.39, 0.29) is 17.2 Å². The summed E-state index contributed by atoms with van der Waals surface area (Å²) in [6, 6.07) is 13.1. The van der Waals surface area contributed by atoms with Gasteiger partial charge in [-0.2, -0.15) is 0 Å². The lowest BCUT2D eigenvalue weighted by Gasteiger charge is -2.38. The van der Waals surface area contributed by atoms with Crippen LogP contribution in [0.1, 0.15) is 55.7 Å². The minimum atomic E-state index is -0.221. The number of likely N-dealkylation sites (tertiary alicyclic amines) is 1. The van der Waals surface area contributed by atoms with Gasteiger partial charge in [0.1, 0.15) is 11.6 Å². The molecule has 2 aromatic carbocycles. The Balaban J connectivity index is 1.33. The number of piperidine rings is 1. The summed E-state index contributed by atoms with van der Waals surface area (Å²) in [7, 11) is 0. The number of carbonyl (C=O) groups excluding carboxylic acids is 1. The molecule has 0 atom stereocenters. The topological polar surface area (TPSA) is 38.8 Å². The number of halogens is 1. The van der Waals surface area contributed by atoms with Crippen LogP contribution in [0.25, 0.3) is 12.2 Å². The second-order valence-corrected chi connectivity index (χ2v) is 8.85. The normalized spacial score (nSPS) is 17.4. The van der Waals surface area contributed by atoms with Crippen molar-refractivity contribution in [2.24, 2.45) is 0 Å². The number of nitrogens with zero attached hydrogens (tertiary/aromatic N) is 1. The Labute approximate surface area is 190 Å². The third-order valence-corrected chi connectivity index (χ3v) is 6.65. The molecule has 2 aromatic rings. The standard InChI is InChI=1S/C27H32FNO3/c1-2-3-18-31-26(30)12-15-29-16-13-27(14-17-29)20-32-25-19-21(9-11-23(25)27)8-10-22-6-4-5-7-24(22)28/h4-11,19H,2-3,12-18,20H2,1H3/b10-8+. The zero-order chi connectivity index (χ0) is 22.4. The summed E-state index contributed by atoms with van der Waals surface area (Å²) in [5.74, 6) is 0.624. The number of hydrogen-bond acceptors (Lipinski definition) is 4. The highest BCUT2D eigenvalue weighted by Crippen LogP contribution is 2.46. The molecule has 0 saturated carbocycles. The van der Waals surface area contributed by atoms with Crippen LogP contribution in [-0.2, 0) is 14.9 Å². The van der Waals surface area contributed by atoms with Crippen molar-refractivity contribution >= 4 is 18.1 Å². The van der Waals surface area contributed by atoms with Gasteiger partial charge in [0, 0.05) is 23.1 Å². The van der Waals surface area contributed by atoms with E-state index in [1.54, 1.807) is 18.2 Å². The molecule has 1 spiro atoms. The van der Waals surface area contributed by atoms with Gasteiger partial charge >= 0.3 is 5.97 Å². The summed E-state index contributed by atoms with van der Waals surface area (Å²) < 4.78 is 25.2. The average Bonchev–Trinajstić information content (AvgIpc) is 3.16. The maximum atomic E-state index is 13.8. The summed E-state index contributed by atoms with van der Waals surface area (Å²) in [6.45, 7) is 6.00. The molecular weight excluding hydrogens is 405 g/mol. The number of esters is 1. The summed E-state index contributed by atoms with van der Waals surface area (Å²) in [6.07, 6.45) is 8.20. The van der Waals surface area contributed by atoms with Gasteiger partial charge in [-0.3, -0.25) is 4.79 Å². The lowest BCUT2D eigenvalue weighted by Crippen LogP contribution is -2.44. The minimum absolute atomic E-state index is 0.0568. The van der Waals surface area contributed by atoms with Crippen molar-refractivity contribution in [3.8, 4) is 5.75 Å². The van der Waals surface area contributed by atoms with E-state index in [1.807, 2.05) is 12.1 Å². The lowest BCUT2D eigenvalue weighted by molar-refractivity contribution is -0.144. The highest BCUT2D eigenvalue weighted by molar-refractivity contribution is 5.71. The second-order valence-electron chi connectivity index (χ2n) is 8.85. The van der Waals surface area contributed by atoms with Crippen molar-refractivity contribution in [3.63, 3.8) is 0 Å². The predicted octanol–water partition coefficient (Wildman–Crippen LogP) is 5.46. The first kappa shape index (κ1) is 22.5. The SMILES string of the molecule is CCCCOC(=O)CCN1CCC2(CC1)COc1cc(/C=C/c3ccccc3F)ccc12. The molecule has 2 aliphatic heterocycles. The second kappa shape index (κ2) is 10.3. The summed E-state index contributed by atoms with van der Waals surface area (Å²) in [5, 5.41) is 0. The first-order valence-corrected chi connectivity index (χ1v) is 11.7. The molecular formula is C27H32FNO3. The molecule has 170 valence electrons. The third-order valence-electron chi connectivity index (χ3n) is 6.65. The minimum Gasteiger partial charge on any atom is -0.492 e. The fraction of sp³-hybridized carbons (Fsp3) is 0.444. The van der Waals surface area contributed by atoms with Gasteiger partial charge < -0.3 is 14.4 Å². The fourth-order valence-corrected chi connectivity index (χ4v) is 4.56. The lowest BCUT2D eigenvalue weighted by atomic mass is 9.74. The number of fused-ring (bicyclic) bond motifs is 2. The van der Waals surface area contributed by atoms with Crippen molar-refractivity contribution < 1.29 is 18.7 Å². The van der Waals surface area contributed by atoms with Crippen molar-refractivity contribution in [1.29, 1.82) is 0 Å². The number of ether oxygens (including phenoxy) is 2. The fourth-order valence-electron chi connectivity index (χ4n) is 4.56. The molecule has 0 bridgehead atoms. The number of unbranched alkanes of at least 4 members (excludes halogenated alkanes) is 1. The van der Waals surface area contributed by atoms with Crippen LogP contribution in [0.3, 0.4) is 0 Å². The van der Waals surface area contributed by atoms with Gasteiger partial charge in [0.2, 0.25) is 0 Å². The van der Waals surface area contributed by atoms with E-state index < -0.39 is 0 Å². The molecule has 2 heterocycles. The molecule has 0 aromatic heterocycles. The molecule has 2 aliphatic rings. The van der Waals surface area contributed by atoms with E-state index in [2.05, 4.69) is 30.0 Å². The average molecular weight is 438 g/mol. The molecule has 0 amide bonds. The largest absolute Gasteiger partial charge is 0.492 e. The molecule has 0 aliphatic carbocycles. The van der Waals surface area contributed by atoms with E-state index >= 15 is 0 Å². The van der Waals surface area contributed by atoms with Crippen LogP contribution in [0.2, 0.25) is 0 Å². The predicted molar refractivity (Wildman–Crippen MR) is 125 cm³/mol. The van der Waals surface area contributed by atoms with Crippen LogP contribution in [0, 0.1) is 5.82 Å². The Morgan fingerprint density at radius 3 is 2.78 bits per heavy atom. The zero-order valence-electron chi connectivity index (χ0n) is 18.8. The summed E-state index contributed by atoms with van der Waals surface area (Å²) in [4.78, 5) is 14.2. The Bertz CT molecular complexity index is 963. The van der Waals surface area contributed by atoms with E-state index in [9.17, 15) is 9.18 Å². The zero-order valence-corrected chi connectivity index (χ0v) is 18.8. The van der Waals surface area contributed by atoms with Gasteiger partial charge in [0.25, 0.3) is 0 Å². The third kappa shape index (κ3) is 5.21. The molecule has 4 nitrogen and oxygen atoms in total. The highest BCUT2D eigenvalue weighted by Gasteiger charge is 2.42. The molecule has 0 unspecified atom stereocenters. The highest BCUT2D eigenvalue weighted by atomic mass is 19.1. The molecule has 1 fully saturated rings. The van der Waals surface area contributed by atoms with Gasteiger partial charge in [-0.05, 0) is 50.0 Å². The van der Waals surface area contributed by atoms with Crippen LogP contribution in [-0.4, -0.2) is 43.7 Å². The van der Waals surface area contributed by atoms with Gasteiger partial charge in [0.05, 0.1) is 19.6 Å². The van der Waals surface area contributed by atoms with E-state index in [0.29, 0.717) is 25.2 Å². The van der Waals surface area contributed by atoms with Gasteiger partial charge in [-0.25, -0.2) is 4.39 Å². The maximum absolute atomic E-state index is 13.8. The van der Waals surface area contributed by atoms with Crippen LogP contribution >= 0.6 is 0 Å². The van der Waals surface area contributed by atoms with Crippen molar-refractivity contribution in [1.82, 2.24) is 4.90 Å². The van der Waals surface area contributed by atoms with Crippen LogP contribution < -0.4 is 4.74 Å². The van der Waals surface area contributed by atoms with Gasteiger partial charge in [0.15, 0.2) is 0 Å².